The quantitative estimate of drug-likeness (QED) is 0.807. The molecule has 1 aromatic heterocycles. The molecule has 0 radical (unpaired) electrons. The highest BCUT2D eigenvalue weighted by atomic mass is 19.1. The lowest BCUT2D eigenvalue weighted by Gasteiger charge is -2.37. The van der Waals surface area contributed by atoms with Crippen molar-refractivity contribution in [2.75, 3.05) is 31.1 Å². The minimum Gasteiger partial charge on any atom is -0.439 e. The molecule has 2 heterocycles. The molecule has 1 aromatic carbocycles. The third kappa shape index (κ3) is 5.06. The van der Waals surface area contributed by atoms with Crippen LogP contribution in [0.4, 0.5) is 15.0 Å². The number of carbonyl (C=O) groups excluding carboxylic acids is 2. The number of nitrogens with zero attached hydrogens (tertiary/aromatic N) is 2. The van der Waals surface area contributed by atoms with E-state index in [2.05, 4.69) is 19.9 Å². The van der Waals surface area contributed by atoms with Gasteiger partial charge in [-0.05, 0) is 37.5 Å². The van der Waals surface area contributed by atoms with Gasteiger partial charge in [0.25, 0.3) is 5.91 Å². The molecule has 8 heteroatoms. The summed E-state index contributed by atoms with van der Waals surface area (Å²) in [7, 11) is 0. The largest absolute Gasteiger partial charge is 0.439 e. The number of piperidine rings is 1. The predicted molar refractivity (Wildman–Crippen MR) is 100 cm³/mol. The van der Waals surface area contributed by atoms with Gasteiger partial charge in [-0.3, -0.25) is 4.79 Å². The molecule has 2 amide bonds. The fraction of sp³-hybridized carbons (Fsp3) is 0.421. The SMILES string of the molecule is NC(=O)COC(=O)NCCC1(F)CCN(c2ccc3ccccc3n2)CC1. The summed E-state index contributed by atoms with van der Waals surface area (Å²) in [6.45, 7) is 0.782. The Morgan fingerprint density at radius 2 is 1.96 bits per heavy atom. The van der Waals surface area contributed by atoms with E-state index < -0.39 is 24.3 Å². The second kappa shape index (κ2) is 8.20. The third-order valence-electron chi connectivity index (χ3n) is 4.76. The summed E-state index contributed by atoms with van der Waals surface area (Å²) < 4.78 is 19.5. The monoisotopic (exact) mass is 374 g/mol. The number of aromatic nitrogens is 1. The number of hydrogen-bond acceptors (Lipinski definition) is 5. The summed E-state index contributed by atoms with van der Waals surface area (Å²) in [6.07, 6.45) is 0.145. The molecule has 0 spiro atoms. The van der Waals surface area contributed by atoms with Crippen molar-refractivity contribution >= 4 is 28.7 Å². The number of anilines is 1. The van der Waals surface area contributed by atoms with Gasteiger partial charge < -0.3 is 20.7 Å². The number of carbonyl (C=O) groups is 2. The number of rotatable bonds is 6. The molecule has 1 aliphatic rings. The number of ether oxygens (including phenoxy) is 1. The van der Waals surface area contributed by atoms with Gasteiger partial charge in [-0.15, -0.1) is 0 Å². The van der Waals surface area contributed by atoms with Crippen molar-refractivity contribution in [1.82, 2.24) is 10.3 Å². The summed E-state index contributed by atoms with van der Waals surface area (Å²) >= 11 is 0. The highest BCUT2D eigenvalue weighted by Crippen LogP contribution is 2.31. The predicted octanol–water partition coefficient (Wildman–Crippen LogP) is 2.14. The number of pyridine rings is 1. The highest BCUT2D eigenvalue weighted by molar-refractivity contribution is 5.80. The molecule has 0 unspecified atom stereocenters. The lowest BCUT2D eigenvalue weighted by molar-refractivity contribution is -0.120. The maximum Gasteiger partial charge on any atom is 0.407 e. The molecule has 2 aromatic rings. The molecule has 3 rings (SSSR count). The van der Waals surface area contributed by atoms with Crippen LogP contribution in [0.1, 0.15) is 19.3 Å². The molecular weight excluding hydrogens is 351 g/mol. The van der Waals surface area contributed by atoms with Crippen LogP contribution in [0.15, 0.2) is 36.4 Å². The Labute approximate surface area is 156 Å². The Morgan fingerprint density at radius 3 is 2.70 bits per heavy atom. The number of benzene rings is 1. The molecule has 1 saturated heterocycles. The van der Waals surface area contributed by atoms with Crippen LogP contribution in [0.25, 0.3) is 10.9 Å². The summed E-state index contributed by atoms with van der Waals surface area (Å²) in [5.41, 5.74) is 4.46. The van der Waals surface area contributed by atoms with Gasteiger partial charge >= 0.3 is 6.09 Å². The summed E-state index contributed by atoms with van der Waals surface area (Å²) in [5, 5.41) is 3.51. The second-order valence-electron chi connectivity index (χ2n) is 6.72. The van der Waals surface area contributed by atoms with Crippen LogP contribution in [-0.4, -0.2) is 48.9 Å². The number of alkyl halides is 1. The van der Waals surface area contributed by atoms with Crippen molar-refractivity contribution in [2.24, 2.45) is 5.73 Å². The van der Waals surface area contributed by atoms with Crippen LogP contribution in [0.3, 0.4) is 0 Å². The first-order valence-corrected chi connectivity index (χ1v) is 8.94. The standard InChI is InChI=1S/C19H23FN4O3/c20-19(7-10-22-18(26)27-13-16(21)25)8-11-24(12-9-19)17-6-5-14-3-1-2-4-15(14)23-17/h1-6H,7-13H2,(H2,21,25)(H,22,26). The minimum absolute atomic E-state index is 0.141. The van der Waals surface area contributed by atoms with Crippen LogP contribution in [-0.2, 0) is 9.53 Å². The Bertz CT molecular complexity index is 821. The van der Waals surface area contributed by atoms with Gasteiger partial charge in [0.1, 0.15) is 11.5 Å². The van der Waals surface area contributed by atoms with Gasteiger partial charge in [-0.1, -0.05) is 18.2 Å². The maximum atomic E-state index is 15.0. The summed E-state index contributed by atoms with van der Waals surface area (Å²) in [5.74, 6) is 0.116. The van der Waals surface area contributed by atoms with E-state index in [0.717, 1.165) is 16.7 Å². The van der Waals surface area contributed by atoms with Crippen LogP contribution >= 0.6 is 0 Å². The number of fused-ring (bicyclic) bond motifs is 1. The summed E-state index contributed by atoms with van der Waals surface area (Å²) in [4.78, 5) is 28.6. The number of para-hydroxylation sites is 1. The topological polar surface area (TPSA) is 97.6 Å². The second-order valence-corrected chi connectivity index (χ2v) is 6.72. The van der Waals surface area contributed by atoms with E-state index in [0.29, 0.717) is 25.9 Å². The van der Waals surface area contributed by atoms with Gasteiger partial charge in [-0.25, -0.2) is 14.2 Å². The van der Waals surface area contributed by atoms with Gasteiger partial charge in [0, 0.05) is 25.0 Å². The zero-order chi connectivity index (χ0) is 19.3. The van der Waals surface area contributed by atoms with Gasteiger partial charge in [-0.2, -0.15) is 0 Å². The molecule has 3 N–H and O–H groups in total. The van der Waals surface area contributed by atoms with E-state index >= 15 is 0 Å². The number of halogens is 1. The Hall–Kier alpha value is -2.90. The van der Waals surface area contributed by atoms with E-state index in [1.165, 1.54) is 0 Å². The van der Waals surface area contributed by atoms with Crippen molar-refractivity contribution < 1.29 is 18.7 Å². The van der Waals surface area contributed by atoms with Crippen LogP contribution in [0, 0.1) is 0 Å². The van der Waals surface area contributed by atoms with Gasteiger partial charge in [0.15, 0.2) is 6.61 Å². The number of amides is 2. The fourth-order valence-electron chi connectivity index (χ4n) is 3.19. The van der Waals surface area contributed by atoms with E-state index in [1.54, 1.807) is 0 Å². The molecule has 0 atom stereocenters. The Balaban J connectivity index is 1.48. The Morgan fingerprint density at radius 1 is 1.22 bits per heavy atom. The van der Waals surface area contributed by atoms with Gasteiger partial charge in [0.05, 0.1) is 5.52 Å². The normalized spacial score (nSPS) is 16.1. The molecule has 144 valence electrons. The molecular formula is C19H23FN4O3. The summed E-state index contributed by atoms with van der Waals surface area (Å²) in [6, 6.07) is 11.9. The van der Waals surface area contributed by atoms with Crippen LogP contribution in [0.5, 0.6) is 0 Å². The first kappa shape index (κ1) is 18.9. The zero-order valence-electron chi connectivity index (χ0n) is 15.0. The molecule has 1 aliphatic heterocycles. The van der Waals surface area contributed by atoms with Crippen LogP contribution in [0.2, 0.25) is 0 Å². The lowest BCUT2D eigenvalue weighted by Crippen LogP contribution is -2.44. The van der Waals surface area contributed by atoms with E-state index in [9.17, 15) is 14.0 Å². The zero-order valence-corrected chi connectivity index (χ0v) is 15.0. The fourth-order valence-corrected chi connectivity index (χ4v) is 3.19. The van der Waals surface area contributed by atoms with E-state index in [1.807, 2.05) is 36.4 Å². The van der Waals surface area contributed by atoms with E-state index in [4.69, 9.17) is 5.73 Å². The number of primary amides is 1. The van der Waals surface area contributed by atoms with E-state index in [-0.39, 0.29) is 13.0 Å². The minimum atomic E-state index is -1.34. The molecule has 1 fully saturated rings. The molecule has 27 heavy (non-hydrogen) atoms. The first-order valence-electron chi connectivity index (χ1n) is 8.94. The molecule has 0 bridgehead atoms. The Kier molecular flexibility index (Phi) is 5.73. The van der Waals surface area contributed by atoms with Crippen molar-refractivity contribution in [1.29, 1.82) is 0 Å². The number of alkyl carbamates (subject to hydrolysis) is 1. The highest BCUT2D eigenvalue weighted by Gasteiger charge is 2.34. The average Bonchev–Trinajstić information content (AvgIpc) is 2.66. The smallest absolute Gasteiger partial charge is 0.407 e. The number of nitrogens with one attached hydrogen (secondary N) is 1. The third-order valence-corrected chi connectivity index (χ3v) is 4.76. The molecule has 7 nitrogen and oxygen atoms in total. The number of nitrogens with two attached hydrogens (primary N) is 1. The first-order chi connectivity index (χ1) is 13.0. The maximum absolute atomic E-state index is 15.0. The van der Waals surface area contributed by atoms with Crippen molar-refractivity contribution in [2.45, 2.75) is 24.9 Å². The molecule has 0 saturated carbocycles. The lowest BCUT2D eigenvalue weighted by atomic mass is 9.90. The van der Waals surface area contributed by atoms with Crippen molar-refractivity contribution in [3.8, 4) is 0 Å². The van der Waals surface area contributed by atoms with Crippen molar-refractivity contribution in [3.63, 3.8) is 0 Å². The average molecular weight is 374 g/mol. The number of hydrogen-bond donors (Lipinski definition) is 2. The molecule has 0 aliphatic carbocycles. The van der Waals surface area contributed by atoms with Gasteiger partial charge in [0.2, 0.25) is 0 Å². The van der Waals surface area contributed by atoms with Crippen LogP contribution < -0.4 is 16.0 Å². The van der Waals surface area contributed by atoms with Crippen molar-refractivity contribution in [3.05, 3.63) is 36.4 Å².